The molecule has 2 aromatic heterocycles. The normalized spacial score (nSPS) is 11.5. The lowest BCUT2D eigenvalue weighted by molar-refractivity contribution is 0.0955. The summed E-state index contributed by atoms with van der Waals surface area (Å²) < 4.78 is 5.97. The minimum atomic E-state index is -0.347. The van der Waals surface area contributed by atoms with Crippen molar-refractivity contribution in [2.75, 3.05) is 5.32 Å². The van der Waals surface area contributed by atoms with Crippen LogP contribution in [0.15, 0.2) is 69.6 Å². The number of fused-ring (bicyclic) bond motifs is 1. The van der Waals surface area contributed by atoms with Crippen LogP contribution in [0.25, 0.3) is 10.1 Å². The van der Waals surface area contributed by atoms with Gasteiger partial charge in [-0.3, -0.25) is 9.59 Å². The summed E-state index contributed by atoms with van der Waals surface area (Å²) in [5.41, 5.74) is 5.52. The van der Waals surface area contributed by atoms with Gasteiger partial charge in [-0.25, -0.2) is 5.43 Å². The van der Waals surface area contributed by atoms with Crippen LogP contribution in [0.5, 0.6) is 0 Å². The molecule has 0 atom stereocenters. The Morgan fingerprint density at radius 3 is 2.57 bits per heavy atom. The second-order valence-electron chi connectivity index (χ2n) is 6.64. The molecule has 4 rings (SSSR count). The molecular weight excluding hydrogens is 400 g/mol. The average molecular weight is 418 g/mol. The smallest absolute Gasteiger partial charge is 0.277 e. The van der Waals surface area contributed by atoms with Crippen LogP contribution in [-0.2, 0) is 0 Å². The molecule has 0 fully saturated rings. The lowest BCUT2D eigenvalue weighted by atomic mass is 10.1. The second-order valence-corrected chi connectivity index (χ2v) is 7.55. The van der Waals surface area contributed by atoms with Gasteiger partial charge in [-0.15, -0.1) is 11.3 Å². The maximum absolute atomic E-state index is 12.5. The van der Waals surface area contributed by atoms with Gasteiger partial charge in [-0.2, -0.15) is 5.10 Å². The van der Waals surface area contributed by atoms with Crippen molar-refractivity contribution in [1.82, 2.24) is 10.6 Å². The molecular formula is C22H18N4O3S. The number of nitrogens with zero attached hydrogens (tertiary/aromatic N) is 2. The molecule has 0 spiro atoms. The van der Waals surface area contributed by atoms with Crippen LogP contribution in [0.3, 0.4) is 0 Å². The van der Waals surface area contributed by atoms with Gasteiger partial charge >= 0.3 is 0 Å². The highest BCUT2D eigenvalue weighted by molar-refractivity contribution is 7.17. The number of hydrogen-bond donors (Lipinski definition) is 2. The molecule has 30 heavy (non-hydrogen) atoms. The lowest BCUT2D eigenvalue weighted by Gasteiger charge is -2.06. The summed E-state index contributed by atoms with van der Waals surface area (Å²) in [5, 5.41) is 13.4. The molecule has 0 aliphatic carbocycles. The Kier molecular flexibility index (Phi) is 5.40. The Hall–Kier alpha value is -3.78. The van der Waals surface area contributed by atoms with E-state index in [2.05, 4.69) is 21.0 Å². The number of hydrogen-bond acceptors (Lipinski definition) is 6. The zero-order valence-electron chi connectivity index (χ0n) is 16.3. The van der Waals surface area contributed by atoms with Crippen LogP contribution in [0.1, 0.15) is 39.1 Å². The molecule has 2 heterocycles. The molecule has 0 radical (unpaired) electrons. The number of hydrazone groups is 1. The Balaban J connectivity index is 1.41. The van der Waals surface area contributed by atoms with E-state index in [1.807, 2.05) is 41.8 Å². The fourth-order valence-corrected chi connectivity index (χ4v) is 3.82. The van der Waals surface area contributed by atoms with Crippen LogP contribution in [-0.4, -0.2) is 22.7 Å². The monoisotopic (exact) mass is 418 g/mol. The molecule has 2 aromatic carbocycles. The van der Waals surface area contributed by atoms with E-state index in [1.54, 1.807) is 32.0 Å². The van der Waals surface area contributed by atoms with Crippen molar-refractivity contribution in [3.05, 3.63) is 82.6 Å². The summed E-state index contributed by atoms with van der Waals surface area (Å²) in [7, 11) is 0. The third-order valence-electron chi connectivity index (χ3n) is 4.47. The highest BCUT2D eigenvalue weighted by Crippen LogP contribution is 2.25. The van der Waals surface area contributed by atoms with Crippen molar-refractivity contribution in [1.29, 1.82) is 0 Å². The van der Waals surface area contributed by atoms with Gasteiger partial charge in [0.2, 0.25) is 0 Å². The average Bonchev–Trinajstić information content (AvgIpc) is 3.39. The van der Waals surface area contributed by atoms with Crippen molar-refractivity contribution in [2.24, 2.45) is 5.10 Å². The van der Waals surface area contributed by atoms with Crippen molar-refractivity contribution >= 4 is 44.6 Å². The summed E-state index contributed by atoms with van der Waals surface area (Å²) in [5.74, 6) is -0.0290. The van der Waals surface area contributed by atoms with Crippen molar-refractivity contribution in [3.8, 4) is 0 Å². The first-order valence-corrected chi connectivity index (χ1v) is 10.0. The number of carbonyl (C=O) groups is 2. The van der Waals surface area contributed by atoms with Crippen LogP contribution < -0.4 is 10.7 Å². The van der Waals surface area contributed by atoms with Crippen LogP contribution in [0.2, 0.25) is 0 Å². The molecule has 0 unspecified atom stereocenters. The zero-order chi connectivity index (χ0) is 21.1. The van der Waals surface area contributed by atoms with Crippen LogP contribution in [0.4, 0.5) is 5.69 Å². The number of amides is 2. The molecule has 0 bridgehead atoms. The molecule has 2 amide bonds. The fraction of sp³-hybridized carbons (Fsp3) is 0.0909. The van der Waals surface area contributed by atoms with Gasteiger partial charge in [-0.05, 0) is 37.6 Å². The molecule has 8 heteroatoms. The van der Waals surface area contributed by atoms with Crippen molar-refractivity contribution in [3.63, 3.8) is 0 Å². The number of carbonyl (C=O) groups excluding carboxylic acids is 2. The number of thiophene rings is 1. The van der Waals surface area contributed by atoms with E-state index in [1.165, 1.54) is 11.3 Å². The second kappa shape index (κ2) is 8.30. The predicted octanol–water partition coefficient (Wildman–Crippen LogP) is 4.60. The van der Waals surface area contributed by atoms with Gasteiger partial charge in [0.25, 0.3) is 11.8 Å². The van der Waals surface area contributed by atoms with E-state index >= 15 is 0 Å². The van der Waals surface area contributed by atoms with E-state index < -0.39 is 0 Å². The summed E-state index contributed by atoms with van der Waals surface area (Å²) in [6.45, 7) is 3.53. The predicted molar refractivity (Wildman–Crippen MR) is 117 cm³/mol. The van der Waals surface area contributed by atoms with Gasteiger partial charge < -0.3 is 9.84 Å². The van der Waals surface area contributed by atoms with E-state index in [4.69, 9.17) is 4.52 Å². The summed E-state index contributed by atoms with van der Waals surface area (Å²) >= 11 is 1.52. The first-order chi connectivity index (χ1) is 14.5. The standard InChI is InChI=1S/C22H18N4O3S/c1-13-11-19(26-29-13)22(28)23-16-9-7-15(8-10-16)14(2)24-25-21(27)18-12-30-20-6-4-3-5-17(18)20/h3-12H,1-2H3,(H,23,28)(H,25,27)/b24-14+. The number of rotatable bonds is 5. The maximum Gasteiger partial charge on any atom is 0.277 e. The number of aryl methyl sites for hydroxylation is 1. The number of benzene rings is 2. The summed E-state index contributed by atoms with van der Waals surface area (Å²) in [6, 6.07) is 16.5. The third kappa shape index (κ3) is 4.13. The highest BCUT2D eigenvalue weighted by Gasteiger charge is 2.12. The first-order valence-electron chi connectivity index (χ1n) is 9.17. The van der Waals surface area contributed by atoms with E-state index in [0.717, 1.165) is 15.6 Å². The first kappa shape index (κ1) is 19.5. The van der Waals surface area contributed by atoms with Crippen LogP contribution in [0, 0.1) is 6.92 Å². The SMILES string of the molecule is C/C(=N\NC(=O)c1csc2ccccc12)c1ccc(NC(=O)c2cc(C)on2)cc1. The quantitative estimate of drug-likeness (QED) is 0.365. The lowest BCUT2D eigenvalue weighted by Crippen LogP contribution is -2.19. The summed E-state index contributed by atoms with van der Waals surface area (Å²) in [6.07, 6.45) is 0. The highest BCUT2D eigenvalue weighted by atomic mass is 32.1. The van der Waals surface area contributed by atoms with Crippen molar-refractivity contribution in [2.45, 2.75) is 13.8 Å². The minimum Gasteiger partial charge on any atom is -0.361 e. The van der Waals surface area contributed by atoms with Gasteiger partial charge in [0.05, 0.1) is 11.3 Å². The Bertz CT molecular complexity index is 1250. The van der Waals surface area contributed by atoms with E-state index in [9.17, 15) is 9.59 Å². The zero-order valence-corrected chi connectivity index (χ0v) is 17.1. The van der Waals surface area contributed by atoms with Gasteiger partial charge in [0.15, 0.2) is 5.69 Å². The van der Waals surface area contributed by atoms with Crippen LogP contribution >= 0.6 is 11.3 Å². The maximum atomic E-state index is 12.5. The fourth-order valence-electron chi connectivity index (χ4n) is 2.88. The van der Waals surface area contributed by atoms with Gasteiger partial charge in [-0.1, -0.05) is 35.5 Å². The Morgan fingerprint density at radius 1 is 1.07 bits per heavy atom. The summed E-state index contributed by atoms with van der Waals surface area (Å²) in [4.78, 5) is 24.6. The largest absolute Gasteiger partial charge is 0.361 e. The molecule has 4 aromatic rings. The molecule has 0 saturated carbocycles. The molecule has 0 aliphatic heterocycles. The van der Waals surface area contributed by atoms with E-state index in [-0.39, 0.29) is 17.5 Å². The molecule has 0 aliphatic rings. The molecule has 0 saturated heterocycles. The minimum absolute atomic E-state index is 0.220. The Morgan fingerprint density at radius 2 is 1.83 bits per heavy atom. The topological polar surface area (TPSA) is 96.6 Å². The molecule has 7 nitrogen and oxygen atoms in total. The van der Waals surface area contributed by atoms with Gasteiger partial charge in [0, 0.05) is 27.2 Å². The molecule has 2 N–H and O–H groups in total. The van der Waals surface area contributed by atoms with Crippen molar-refractivity contribution < 1.29 is 14.1 Å². The van der Waals surface area contributed by atoms with Gasteiger partial charge in [0.1, 0.15) is 5.76 Å². The third-order valence-corrected chi connectivity index (χ3v) is 5.44. The number of nitrogens with one attached hydrogen (secondary N) is 2. The Labute approximate surface area is 176 Å². The van der Waals surface area contributed by atoms with E-state index in [0.29, 0.717) is 22.7 Å². The number of aromatic nitrogens is 1. The number of anilines is 1. The molecule has 150 valence electrons.